The number of hydrogen-bond acceptors (Lipinski definition) is 4. The summed E-state index contributed by atoms with van der Waals surface area (Å²) in [5.74, 6) is 5.79. The fraction of sp³-hybridized carbons (Fsp3) is 0.200. The molecule has 102 valence electrons. The van der Waals surface area contributed by atoms with E-state index in [0.29, 0.717) is 23.3 Å². The molecule has 0 unspecified atom stereocenters. The molecule has 0 fully saturated rings. The molecule has 0 aliphatic heterocycles. The van der Waals surface area contributed by atoms with E-state index in [0.717, 1.165) is 5.03 Å². The van der Waals surface area contributed by atoms with Crippen molar-refractivity contribution in [3.05, 3.63) is 53.7 Å². The molecule has 0 aliphatic carbocycles. The van der Waals surface area contributed by atoms with Gasteiger partial charge in [0.2, 0.25) is 0 Å². The van der Waals surface area contributed by atoms with Gasteiger partial charge >= 0.3 is 0 Å². The van der Waals surface area contributed by atoms with E-state index in [1.165, 1.54) is 17.8 Å². The van der Waals surface area contributed by atoms with E-state index in [2.05, 4.69) is 21.8 Å². The standard InChI is InChI=1S/C15H13FN2OS/c16-14-9-12(3-1-2-8-19)4-5-13(14)11-20-15-10-17-6-7-18-15/h4-7,9-10,19H,2,8,11H2. The lowest BCUT2D eigenvalue weighted by molar-refractivity contribution is 0.305. The number of aliphatic hydroxyl groups excluding tert-OH is 1. The van der Waals surface area contributed by atoms with Crippen LogP contribution in [0.5, 0.6) is 0 Å². The molecule has 0 saturated heterocycles. The molecule has 1 aromatic carbocycles. The maximum absolute atomic E-state index is 13.9. The van der Waals surface area contributed by atoms with Gasteiger partial charge in [-0.05, 0) is 17.7 Å². The maximum atomic E-state index is 13.9. The van der Waals surface area contributed by atoms with E-state index in [9.17, 15) is 4.39 Å². The zero-order valence-corrected chi connectivity index (χ0v) is 11.5. The van der Waals surface area contributed by atoms with Crippen LogP contribution in [0.2, 0.25) is 0 Å². The topological polar surface area (TPSA) is 46.0 Å². The maximum Gasteiger partial charge on any atom is 0.128 e. The lowest BCUT2D eigenvalue weighted by atomic mass is 10.1. The molecule has 0 saturated carbocycles. The van der Waals surface area contributed by atoms with Crippen LogP contribution in [0, 0.1) is 17.7 Å². The minimum absolute atomic E-state index is 0.0162. The highest BCUT2D eigenvalue weighted by atomic mass is 32.2. The van der Waals surface area contributed by atoms with Crippen LogP contribution in [0.1, 0.15) is 17.5 Å². The number of nitrogens with zero attached hydrogens (tertiary/aromatic N) is 2. The van der Waals surface area contributed by atoms with Gasteiger partial charge < -0.3 is 5.11 Å². The lowest BCUT2D eigenvalue weighted by Gasteiger charge is -2.03. The third-order valence-electron chi connectivity index (χ3n) is 2.44. The molecular weight excluding hydrogens is 275 g/mol. The molecule has 0 aliphatic rings. The van der Waals surface area contributed by atoms with Gasteiger partial charge in [0.1, 0.15) is 10.8 Å². The molecule has 2 aromatic rings. The fourth-order valence-electron chi connectivity index (χ4n) is 1.47. The highest BCUT2D eigenvalue weighted by molar-refractivity contribution is 7.98. The lowest BCUT2D eigenvalue weighted by Crippen LogP contribution is -1.90. The average Bonchev–Trinajstić information content (AvgIpc) is 2.48. The zero-order chi connectivity index (χ0) is 14.2. The Balaban J connectivity index is 2.01. The van der Waals surface area contributed by atoms with Crippen molar-refractivity contribution in [3.63, 3.8) is 0 Å². The SMILES string of the molecule is OCCC#Cc1ccc(CSc2cnccn2)c(F)c1. The quantitative estimate of drug-likeness (QED) is 0.694. The Morgan fingerprint density at radius 3 is 2.90 bits per heavy atom. The van der Waals surface area contributed by atoms with E-state index in [1.807, 2.05) is 0 Å². The van der Waals surface area contributed by atoms with Crippen molar-refractivity contribution >= 4 is 11.8 Å². The Kier molecular flexibility index (Phi) is 5.54. The van der Waals surface area contributed by atoms with E-state index < -0.39 is 0 Å². The molecule has 1 N–H and O–H groups in total. The summed E-state index contributed by atoms with van der Waals surface area (Å²) in [6.07, 6.45) is 5.26. The summed E-state index contributed by atoms with van der Waals surface area (Å²) in [6.45, 7) is 0.0162. The Bertz CT molecular complexity index is 623. The fourth-order valence-corrected chi connectivity index (χ4v) is 2.28. The Morgan fingerprint density at radius 1 is 1.30 bits per heavy atom. The summed E-state index contributed by atoms with van der Waals surface area (Å²) in [4.78, 5) is 8.08. The molecule has 1 heterocycles. The van der Waals surface area contributed by atoms with E-state index in [4.69, 9.17) is 5.11 Å². The summed E-state index contributed by atoms with van der Waals surface area (Å²) in [5, 5.41) is 9.39. The largest absolute Gasteiger partial charge is 0.395 e. The van der Waals surface area contributed by atoms with Crippen LogP contribution in [-0.2, 0) is 5.75 Å². The number of thioether (sulfide) groups is 1. The molecule has 0 bridgehead atoms. The van der Waals surface area contributed by atoms with Crippen LogP contribution < -0.4 is 0 Å². The molecule has 0 amide bonds. The summed E-state index contributed by atoms with van der Waals surface area (Å²) < 4.78 is 13.9. The predicted molar refractivity (Wildman–Crippen MR) is 76.6 cm³/mol. The second-order valence-corrected chi connectivity index (χ2v) is 4.91. The van der Waals surface area contributed by atoms with Crippen molar-refractivity contribution in [2.24, 2.45) is 0 Å². The summed E-state index contributed by atoms with van der Waals surface area (Å²) in [5.41, 5.74) is 1.22. The highest BCUT2D eigenvalue weighted by Crippen LogP contribution is 2.22. The number of aromatic nitrogens is 2. The number of halogens is 1. The summed E-state index contributed by atoms with van der Waals surface area (Å²) >= 11 is 1.43. The molecule has 5 heteroatoms. The number of rotatable bonds is 4. The zero-order valence-electron chi connectivity index (χ0n) is 10.7. The highest BCUT2D eigenvalue weighted by Gasteiger charge is 2.04. The molecule has 0 atom stereocenters. The average molecular weight is 288 g/mol. The monoisotopic (exact) mass is 288 g/mol. The van der Waals surface area contributed by atoms with Crippen LogP contribution in [0.15, 0.2) is 41.8 Å². The third-order valence-corrected chi connectivity index (χ3v) is 3.40. The Labute approximate surface area is 121 Å². The molecule has 0 spiro atoms. The van der Waals surface area contributed by atoms with Crippen molar-refractivity contribution < 1.29 is 9.50 Å². The molecule has 2 rings (SSSR count). The first-order chi connectivity index (χ1) is 9.79. The Morgan fingerprint density at radius 2 is 2.20 bits per heavy atom. The van der Waals surface area contributed by atoms with Crippen molar-refractivity contribution in [1.29, 1.82) is 0 Å². The van der Waals surface area contributed by atoms with Crippen LogP contribution >= 0.6 is 11.8 Å². The smallest absolute Gasteiger partial charge is 0.128 e. The molecule has 20 heavy (non-hydrogen) atoms. The van der Waals surface area contributed by atoms with Crippen molar-refractivity contribution in [1.82, 2.24) is 9.97 Å². The van der Waals surface area contributed by atoms with E-state index in [-0.39, 0.29) is 12.4 Å². The first-order valence-corrected chi connectivity index (χ1v) is 7.05. The van der Waals surface area contributed by atoms with Gasteiger partial charge in [0.05, 0.1) is 12.8 Å². The molecule has 3 nitrogen and oxygen atoms in total. The third kappa shape index (κ3) is 4.34. The first-order valence-electron chi connectivity index (χ1n) is 6.06. The van der Waals surface area contributed by atoms with Crippen LogP contribution in [-0.4, -0.2) is 21.7 Å². The second kappa shape index (κ2) is 7.63. The first kappa shape index (κ1) is 14.5. The van der Waals surface area contributed by atoms with E-state index >= 15 is 0 Å². The van der Waals surface area contributed by atoms with Gasteiger partial charge in [-0.2, -0.15) is 0 Å². The van der Waals surface area contributed by atoms with Crippen LogP contribution in [0.4, 0.5) is 4.39 Å². The minimum Gasteiger partial charge on any atom is -0.395 e. The number of aliphatic hydroxyl groups is 1. The van der Waals surface area contributed by atoms with Gasteiger partial charge in [-0.25, -0.2) is 9.37 Å². The van der Waals surface area contributed by atoms with Crippen molar-refractivity contribution in [2.75, 3.05) is 6.61 Å². The molecule has 0 radical (unpaired) electrons. The van der Waals surface area contributed by atoms with Gasteiger partial charge in [0.15, 0.2) is 0 Å². The number of hydrogen-bond donors (Lipinski definition) is 1. The summed E-state index contributed by atoms with van der Waals surface area (Å²) in [6, 6.07) is 4.92. The normalized spacial score (nSPS) is 9.90. The Hall–Kier alpha value is -1.90. The molecular formula is C15H13FN2OS. The number of benzene rings is 1. The van der Waals surface area contributed by atoms with Crippen molar-refractivity contribution in [3.8, 4) is 11.8 Å². The second-order valence-electron chi connectivity index (χ2n) is 3.91. The van der Waals surface area contributed by atoms with Crippen LogP contribution in [0.3, 0.4) is 0 Å². The van der Waals surface area contributed by atoms with Crippen molar-refractivity contribution in [2.45, 2.75) is 17.2 Å². The minimum atomic E-state index is -0.280. The van der Waals surface area contributed by atoms with Gasteiger partial charge in [0, 0.05) is 30.1 Å². The van der Waals surface area contributed by atoms with Crippen LogP contribution in [0.25, 0.3) is 0 Å². The van der Waals surface area contributed by atoms with Gasteiger partial charge in [-0.15, -0.1) is 0 Å². The van der Waals surface area contributed by atoms with Gasteiger partial charge in [-0.3, -0.25) is 4.98 Å². The van der Waals surface area contributed by atoms with E-state index in [1.54, 1.807) is 30.7 Å². The predicted octanol–water partition coefficient (Wildman–Crippen LogP) is 2.64. The summed E-state index contributed by atoms with van der Waals surface area (Å²) in [7, 11) is 0. The molecule has 1 aromatic heterocycles. The van der Waals surface area contributed by atoms with Gasteiger partial charge in [0.25, 0.3) is 0 Å². The van der Waals surface area contributed by atoms with Gasteiger partial charge in [-0.1, -0.05) is 29.7 Å².